The number of hydrogen-bond donors (Lipinski definition) is 1. The van der Waals surface area contributed by atoms with Crippen molar-refractivity contribution in [1.82, 2.24) is 5.32 Å². The van der Waals surface area contributed by atoms with E-state index in [1.807, 2.05) is 6.07 Å². The molecule has 0 aliphatic rings. The van der Waals surface area contributed by atoms with Crippen LogP contribution < -0.4 is 10.1 Å². The molecule has 2 unspecified atom stereocenters. The van der Waals surface area contributed by atoms with Gasteiger partial charge in [0.05, 0.1) is 7.11 Å². The van der Waals surface area contributed by atoms with E-state index in [0.29, 0.717) is 17.8 Å². The second kappa shape index (κ2) is 9.80. The highest BCUT2D eigenvalue weighted by Crippen LogP contribution is 2.20. The summed E-state index contributed by atoms with van der Waals surface area (Å²) in [5, 5.41) is 3.59. The molecule has 120 valence electrons. The highest BCUT2D eigenvalue weighted by Gasteiger charge is 2.18. The molecule has 0 aliphatic carbocycles. The van der Waals surface area contributed by atoms with Crippen LogP contribution >= 0.6 is 0 Å². The van der Waals surface area contributed by atoms with Gasteiger partial charge in [-0.05, 0) is 55.0 Å². The summed E-state index contributed by atoms with van der Waals surface area (Å²) in [7, 11) is 3.50. The molecule has 0 fully saturated rings. The van der Waals surface area contributed by atoms with Crippen LogP contribution in [0.25, 0.3) is 0 Å². The molecule has 1 aromatic rings. The normalized spacial score (nSPS) is 14.2. The van der Waals surface area contributed by atoms with Crippen molar-refractivity contribution in [2.75, 3.05) is 33.9 Å². The van der Waals surface area contributed by atoms with Gasteiger partial charge >= 0.3 is 0 Å². The minimum atomic E-state index is 0.529. The van der Waals surface area contributed by atoms with E-state index in [1.54, 1.807) is 14.2 Å². The number of rotatable bonds is 10. The zero-order valence-corrected chi connectivity index (χ0v) is 14.2. The van der Waals surface area contributed by atoms with Gasteiger partial charge in [0, 0.05) is 13.7 Å². The molecule has 1 N–H and O–H groups in total. The first kappa shape index (κ1) is 18.0. The molecular weight excluding hydrogens is 262 g/mol. The van der Waals surface area contributed by atoms with Gasteiger partial charge in [0.1, 0.15) is 5.75 Å². The average Bonchev–Trinajstić information content (AvgIpc) is 2.46. The van der Waals surface area contributed by atoms with Crippen LogP contribution in [-0.4, -0.2) is 33.9 Å². The van der Waals surface area contributed by atoms with Gasteiger partial charge in [-0.25, -0.2) is 0 Å². The summed E-state index contributed by atoms with van der Waals surface area (Å²) in [6.45, 7) is 9.64. The first-order chi connectivity index (χ1) is 10.1. The van der Waals surface area contributed by atoms with E-state index in [2.05, 4.69) is 44.3 Å². The predicted octanol–water partition coefficient (Wildman–Crippen LogP) is 3.38. The van der Waals surface area contributed by atoms with Gasteiger partial charge in [0.2, 0.25) is 0 Å². The van der Waals surface area contributed by atoms with Gasteiger partial charge in [-0.15, -0.1) is 0 Å². The molecule has 0 bridgehead atoms. The van der Waals surface area contributed by atoms with Crippen molar-refractivity contribution in [2.24, 2.45) is 17.8 Å². The molecule has 0 spiro atoms. The lowest BCUT2D eigenvalue weighted by Crippen LogP contribution is -2.32. The maximum absolute atomic E-state index is 5.34. The standard InChI is InChI=1S/C18H31NO2/c1-14(2)11-19-12-17(15(3)13-20-4)9-16-7-6-8-18(10-16)21-5/h6-8,10,14-15,17,19H,9,11-13H2,1-5H3. The summed E-state index contributed by atoms with van der Waals surface area (Å²) in [6.07, 6.45) is 1.05. The van der Waals surface area contributed by atoms with Crippen molar-refractivity contribution in [3.05, 3.63) is 29.8 Å². The maximum Gasteiger partial charge on any atom is 0.119 e. The van der Waals surface area contributed by atoms with Crippen molar-refractivity contribution in [1.29, 1.82) is 0 Å². The maximum atomic E-state index is 5.34. The molecule has 3 heteroatoms. The molecule has 1 aromatic carbocycles. The van der Waals surface area contributed by atoms with Gasteiger partial charge in [-0.1, -0.05) is 32.9 Å². The predicted molar refractivity (Wildman–Crippen MR) is 88.9 cm³/mol. The quantitative estimate of drug-likeness (QED) is 0.717. The lowest BCUT2D eigenvalue weighted by Gasteiger charge is -2.25. The number of nitrogens with one attached hydrogen (secondary N) is 1. The van der Waals surface area contributed by atoms with E-state index in [4.69, 9.17) is 9.47 Å². The van der Waals surface area contributed by atoms with E-state index in [9.17, 15) is 0 Å². The largest absolute Gasteiger partial charge is 0.497 e. The van der Waals surface area contributed by atoms with Crippen molar-refractivity contribution in [3.63, 3.8) is 0 Å². The molecule has 0 saturated carbocycles. The Morgan fingerprint density at radius 3 is 2.48 bits per heavy atom. The van der Waals surface area contributed by atoms with Gasteiger partial charge in [0.15, 0.2) is 0 Å². The molecule has 0 radical (unpaired) electrons. The molecule has 21 heavy (non-hydrogen) atoms. The fourth-order valence-electron chi connectivity index (χ4n) is 2.53. The highest BCUT2D eigenvalue weighted by atomic mass is 16.5. The van der Waals surface area contributed by atoms with E-state index in [1.165, 1.54) is 5.56 Å². The smallest absolute Gasteiger partial charge is 0.119 e. The summed E-state index contributed by atoms with van der Waals surface area (Å²) in [5.74, 6) is 2.71. The Morgan fingerprint density at radius 2 is 1.86 bits per heavy atom. The Bertz CT molecular complexity index is 393. The summed E-state index contributed by atoms with van der Waals surface area (Å²) >= 11 is 0. The van der Waals surface area contributed by atoms with E-state index in [-0.39, 0.29) is 0 Å². The molecule has 0 saturated heterocycles. The van der Waals surface area contributed by atoms with Gasteiger partial charge < -0.3 is 14.8 Å². The Morgan fingerprint density at radius 1 is 1.10 bits per heavy atom. The van der Waals surface area contributed by atoms with Crippen molar-refractivity contribution >= 4 is 0 Å². The fourth-order valence-corrected chi connectivity index (χ4v) is 2.53. The molecular formula is C18H31NO2. The first-order valence-electron chi connectivity index (χ1n) is 7.89. The van der Waals surface area contributed by atoms with Crippen LogP contribution in [0.1, 0.15) is 26.3 Å². The van der Waals surface area contributed by atoms with Crippen LogP contribution in [-0.2, 0) is 11.2 Å². The Labute approximate surface area is 130 Å². The Hall–Kier alpha value is -1.06. The minimum absolute atomic E-state index is 0.529. The second-order valence-electron chi connectivity index (χ2n) is 6.30. The number of benzene rings is 1. The zero-order valence-electron chi connectivity index (χ0n) is 14.2. The topological polar surface area (TPSA) is 30.5 Å². The molecule has 1 rings (SSSR count). The van der Waals surface area contributed by atoms with E-state index < -0.39 is 0 Å². The monoisotopic (exact) mass is 293 g/mol. The first-order valence-corrected chi connectivity index (χ1v) is 7.89. The van der Waals surface area contributed by atoms with Crippen LogP contribution in [0.2, 0.25) is 0 Å². The van der Waals surface area contributed by atoms with Crippen LogP contribution in [0.4, 0.5) is 0 Å². The second-order valence-corrected chi connectivity index (χ2v) is 6.30. The third kappa shape index (κ3) is 6.96. The van der Waals surface area contributed by atoms with Gasteiger partial charge in [-0.3, -0.25) is 0 Å². The third-order valence-electron chi connectivity index (χ3n) is 3.83. The lowest BCUT2D eigenvalue weighted by atomic mass is 9.88. The van der Waals surface area contributed by atoms with Crippen LogP contribution in [0.15, 0.2) is 24.3 Å². The van der Waals surface area contributed by atoms with Crippen LogP contribution in [0, 0.1) is 17.8 Å². The average molecular weight is 293 g/mol. The summed E-state index contributed by atoms with van der Waals surface area (Å²) in [5.41, 5.74) is 1.33. The Balaban J connectivity index is 2.65. The third-order valence-corrected chi connectivity index (χ3v) is 3.83. The van der Waals surface area contributed by atoms with Crippen molar-refractivity contribution in [2.45, 2.75) is 27.2 Å². The fraction of sp³-hybridized carbons (Fsp3) is 0.667. The summed E-state index contributed by atoms with van der Waals surface area (Å²) in [4.78, 5) is 0. The van der Waals surface area contributed by atoms with Crippen LogP contribution in [0.3, 0.4) is 0 Å². The number of methoxy groups -OCH3 is 2. The number of hydrogen-bond acceptors (Lipinski definition) is 3. The molecule has 2 atom stereocenters. The highest BCUT2D eigenvalue weighted by molar-refractivity contribution is 5.28. The molecule has 3 nitrogen and oxygen atoms in total. The molecule has 0 amide bonds. The van der Waals surface area contributed by atoms with Crippen molar-refractivity contribution < 1.29 is 9.47 Å². The summed E-state index contributed by atoms with van der Waals surface area (Å²) < 4.78 is 10.7. The zero-order chi connectivity index (χ0) is 15.7. The minimum Gasteiger partial charge on any atom is -0.497 e. The van der Waals surface area contributed by atoms with E-state index in [0.717, 1.165) is 31.9 Å². The molecule has 0 aliphatic heterocycles. The SMILES string of the molecule is COCC(C)C(CNCC(C)C)Cc1cccc(OC)c1. The summed E-state index contributed by atoms with van der Waals surface area (Å²) in [6, 6.07) is 8.37. The molecule has 0 heterocycles. The van der Waals surface area contributed by atoms with Gasteiger partial charge in [0.25, 0.3) is 0 Å². The number of ether oxygens (including phenoxy) is 2. The Kier molecular flexibility index (Phi) is 8.40. The lowest BCUT2D eigenvalue weighted by molar-refractivity contribution is 0.128. The van der Waals surface area contributed by atoms with E-state index >= 15 is 0 Å². The van der Waals surface area contributed by atoms with Gasteiger partial charge in [-0.2, -0.15) is 0 Å². The van der Waals surface area contributed by atoms with Crippen LogP contribution in [0.5, 0.6) is 5.75 Å². The van der Waals surface area contributed by atoms with Crippen molar-refractivity contribution in [3.8, 4) is 5.75 Å². The molecule has 0 aromatic heterocycles.